The van der Waals surface area contributed by atoms with Gasteiger partial charge in [0.1, 0.15) is 5.52 Å². The summed E-state index contributed by atoms with van der Waals surface area (Å²) in [5.74, 6) is 0.640. The Morgan fingerprint density at radius 1 is 0.556 bits per heavy atom. The molecule has 0 radical (unpaired) electrons. The van der Waals surface area contributed by atoms with Crippen molar-refractivity contribution in [2.24, 2.45) is 0 Å². The highest BCUT2D eigenvalue weighted by atomic mass is 32.1. The van der Waals surface area contributed by atoms with Crippen molar-refractivity contribution in [2.75, 3.05) is 0 Å². The molecule has 210 valence electrons. The molecule has 7 aromatic carbocycles. The molecule has 0 bridgehead atoms. The summed E-state index contributed by atoms with van der Waals surface area (Å²) in [6, 6.07) is 51.6. The van der Waals surface area contributed by atoms with Crippen LogP contribution in [0.4, 0.5) is 0 Å². The lowest BCUT2D eigenvalue weighted by atomic mass is 10.00. The van der Waals surface area contributed by atoms with Crippen LogP contribution in [0.5, 0.6) is 0 Å². The molecule has 0 aliphatic carbocycles. The van der Waals surface area contributed by atoms with E-state index < -0.39 is 0 Å². The summed E-state index contributed by atoms with van der Waals surface area (Å²) in [5.41, 5.74) is 8.57. The number of fused-ring (bicyclic) bond motifs is 10. The lowest BCUT2D eigenvalue weighted by Crippen LogP contribution is -1.94. The number of benzene rings is 7. The third-order valence-electron chi connectivity index (χ3n) is 9.01. The molecule has 0 atom stereocenters. The van der Waals surface area contributed by atoms with E-state index in [1.165, 1.54) is 53.1 Å². The molecule has 0 aliphatic rings. The van der Waals surface area contributed by atoms with Gasteiger partial charge in [0.05, 0.1) is 11.0 Å². The third-order valence-corrected chi connectivity index (χ3v) is 10.2. The van der Waals surface area contributed by atoms with Gasteiger partial charge in [0.15, 0.2) is 5.58 Å². The number of oxazole rings is 1. The molecule has 0 unspecified atom stereocenters. The predicted molar refractivity (Wildman–Crippen MR) is 190 cm³/mol. The van der Waals surface area contributed by atoms with Gasteiger partial charge >= 0.3 is 0 Å². The van der Waals surface area contributed by atoms with E-state index in [0.717, 1.165) is 33.1 Å². The summed E-state index contributed by atoms with van der Waals surface area (Å²) in [4.78, 5) is 5.30. The third kappa shape index (κ3) is 3.54. The van der Waals surface area contributed by atoms with Crippen LogP contribution >= 0.6 is 11.3 Å². The molecule has 0 spiro atoms. The molecule has 10 rings (SSSR count). The van der Waals surface area contributed by atoms with Crippen molar-refractivity contribution in [1.29, 1.82) is 0 Å². The highest BCUT2D eigenvalue weighted by Gasteiger charge is 2.23. The zero-order valence-corrected chi connectivity index (χ0v) is 24.9. The zero-order chi connectivity index (χ0) is 29.5. The number of hydrogen-bond acceptors (Lipinski definition) is 3. The first-order valence-corrected chi connectivity index (χ1v) is 16.0. The van der Waals surface area contributed by atoms with E-state index in [9.17, 15) is 0 Å². The lowest BCUT2D eigenvalue weighted by molar-refractivity contribution is 0.621. The maximum atomic E-state index is 6.79. The molecule has 3 aromatic heterocycles. The van der Waals surface area contributed by atoms with Crippen LogP contribution in [0.15, 0.2) is 150 Å². The average Bonchev–Trinajstić information content (AvgIpc) is 3.80. The standard InChI is InChI=1S/C41H24N2OS/c1-3-13-25(14-4-1)31-24-35-38(37-30-20-10-12-22-36(30)45-40(31)37)42-41(44-35)33-23-32-28-18-9-11-21-34(28)43(26-15-5-2-6-16-26)39(32)29-19-8-7-17-27(29)33/h1-24H. The molecule has 0 N–H and O–H groups in total. The Morgan fingerprint density at radius 2 is 1.22 bits per heavy atom. The highest BCUT2D eigenvalue weighted by molar-refractivity contribution is 7.26. The summed E-state index contributed by atoms with van der Waals surface area (Å²) in [6.07, 6.45) is 0. The van der Waals surface area contributed by atoms with E-state index in [4.69, 9.17) is 9.40 Å². The maximum absolute atomic E-state index is 6.79. The first-order chi connectivity index (χ1) is 22.3. The van der Waals surface area contributed by atoms with Crippen LogP contribution in [0.3, 0.4) is 0 Å². The number of para-hydroxylation sites is 2. The van der Waals surface area contributed by atoms with E-state index in [1.807, 2.05) is 11.3 Å². The molecule has 10 aromatic rings. The Hall–Kier alpha value is -5.71. The monoisotopic (exact) mass is 592 g/mol. The van der Waals surface area contributed by atoms with E-state index in [-0.39, 0.29) is 0 Å². The number of hydrogen-bond donors (Lipinski definition) is 0. The Kier molecular flexibility index (Phi) is 5.16. The lowest BCUT2D eigenvalue weighted by Gasteiger charge is -2.11. The molecule has 0 fully saturated rings. The van der Waals surface area contributed by atoms with Gasteiger partial charge in [-0.15, -0.1) is 11.3 Å². The van der Waals surface area contributed by atoms with Gasteiger partial charge in [-0.05, 0) is 47.3 Å². The Bertz CT molecular complexity index is 2750. The van der Waals surface area contributed by atoms with E-state index in [2.05, 4.69) is 150 Å². The second kappa shape index (κ2) is 9.39. The number of thiophene rings is 1. The molecular formula is C41H24N2OS. The van der Waals surface area contributed by atoms with Crippen molar-refractivity contribution < 1.29 is 4.42 Å². The van der Waals surface area contributed by atoms with Crippen molar-refractivity contribution in [2.45, 2.75) is 0 Å². The van der Waals surface area contributed by atoms with Gasteiger partial charge in [-0.2, -0.15) is 0 Å². The minimum atomic E-state index is 0.640. The fraction of sp³-hybridized carbons (Fsp3) is 0. The predicted octanol–water partition coefficient (Wildman–Crippen LogP) is 11.8. The highest BCUT2D eigenvalue weighted by Crippen LogP contribution is 2.46. The van der Waals surface area contributed by atoms with Gasteiger partial charge in [-0.25, -0.2) is 4.98 Å². The number of aromatic nitrogens is 2. The Labute approximate surface area is 262 Å². The van der Waals surface area contributed by atoms with Gasteiger partial charge in [-0.3, -0.25) is 0 Å². The molecule has 4 heteroatoms. The van der Waals surface area contributed by atoms with Crippen LogP contribution in [0.25, 0.3) is 92.1 Å². The molecule has 0 aliphatic heterocycles. The van der Waals surface area contributed by atoms with Gasteiger partial charge in [0.25, 0.3) is 0 Å². The second-order valence-corrected chi connectivity index (χ2v) is 12.6. The minimum Gasteiger partial charge on any atom is -0.436 e. The van der Waals surface area contributed by atoms with Crippen LogP contribution < -0.4 is 0 Å². The van der Waals surface area contributed by atoms with Gasteiger partial charge < -0.3 is 8.98 Å². The van der Waals surface area contributed by atoms with Crippen LogP contribution in [0, 0.1) is 0 Å². The quantitative estimate of drug-likeness (QED) is 0.204. The van der Waals surface area contributed by atoms with Crippen LogP contribution in [-0.2, 0) is 0 Å². The summed E-state index contributed by atoms with van der Waals surface area (Å²) in [6.45, 7) is 0. The van der Waals surface area contributed by atoms with Crippen molar-refractivity contribution in [1.82, 2.24) is 9.55 Å². The van der Waals surface area contributed by atoms with Crippen LogP contribution in [0.2, 0.25) is 0 Å². The van der Waals surface area contributed by atoms with Crippen molar-refractivity contribution in [3.8, 4) is 28.3 Å². The van der Waals surface area contributed by atoms with Gasteiger partial charge in [-0.1, -0.05) is 109 Å². The van der Waals surface area contributed by atoms with E-state index in [1.54, 1.807) is 0 Å². The summed E-state index contributed by atoms with van der Waals surface area (Å²) >= 11 is 1.83. The van der Waals surface area contributed by atoms with Crippen molar-refractivity contribution >= 4 is 75.2 Å². The fourth-order valence-corrected chi connectivity index (χ4v) is 8.31. The summed E-state index contributed by atoms with van der Waals surface area (Å²) < 4.78 is 11.7. The van der Waals surface area contributed by atoms with Crippen molar-refractivity contribution in [3.05, 3.63) is 146 Å². The Balaban J connectivity index is 1.32. The zero-order valence-electron chi connectivity index (χ0n) is 24.1. The first-order valence-electron chi connectivity index (χ1n) is 15.1. The minimum absolute atomic E-state index is 0.640. The Morgan fingerprint density at radius 3 is 2.04 bits per heavy atom. The summed E-state index contributed by atoms with van der Waals surface area (Å²) in [5, 5.41) is 7.05. The van der Waals surface area contributed by atoms with Gasteiger partial charge in [0.2, 0.25) is 5.89 Å². The SMILES string of the molecule is c1ccc(-c2cc3oc(-c4cc5c6ccccc6n(-c6ccccc6)c5c5ccccc45)nc3c3c2sc2ccccc23)cc1. The largest absolute Gasteiger partial charge is 0.436 e. The topological polar surface area (TPSA) is 31.0 Å². The maximum Gasteiger partial charge on any atom is 0.227 e. The molecule has 0 saturated heterocycles. The van der Waals surface area contributed by atoms with Crippen LogP contribution in [-0.4, -0.2) is 9.55 Å². The first kappa shape index (κ1) is 24.7. The second-order valence-electron chi connectivity index (χ2n) is 11.5. The fourth-order valence-electron chi connectivity index (χ4n) is 7.07. The molecule has 45 heavy (non-hydrogen) atoms. The van der Waals surface area contributed by atoms with Gasteiger partial charge in [0, 0.05) is 53.1 Å². The van der Waals surface area contributed by atoms with Crippen LogP contribution in [0.1, 0.15) is 0 Å². The normalized spacial score (nSPS) is 12.0. The van der Waals surface area contributed by atoms with E-state index >= 15 is 0 Å². The van der Waals surface area contributed by atoms with E-state index in [0.29, 0.717) is 5.89 Å². The molecule has 0 amide bonds. The summed E-state index contributed by atoms with van der Waals surface area (Å²) in [7, 11) is 0. The molecule has 3 heterocycles. The molecular weight excluding hydrogens is 569 g/mol. The number of nitrogens with zero attached hydrogens (tertiary/aromatic N) is 2. The smallest absolute Gasteiger partial charge is 0.227 e. The number of rotatable bonds is 3. The molecule has 0 saturated carbocycles. The molecule has 3 nitrogen and oxygen atoms in total. The average molecular weight is 593 g/mol. The van der Waals surface area contributed by atoms with Crippen molar-refractivity contribution in [3.63, 3.8) is 0 Å².